The van der Waals surface area contributed by atoms with Crippen LogP contribution in [0.15, 0.2) is 35.6 Å². The average Bonchev–Trinajstić information content (AvgIpc) is 2.84. The second-order valence-electron chi connectivity index (χ2n) is 4.02. The Hall–Kier alpha value is -1.86. The van der Waals surface area contributed by atoms with Crippen molar-refractivity contribution in [2.75, 3.05) is 6.26 Å². The van der Waals surface area contributed by atoms with E-state index in [1.54, 1.807) is 0 Å². The first kappa shape index (κ1) is 13.1. The lowest BCUT2D eigenvalue weighted by Gasteiger charge is -2.08. The molecule has 5 nitrogen and oxygen atoms in total. The zero-order valence-corrected chi connectivity index (χ0v) is 11.8. The van der Waals surface area contributed by atoms with Crippen molar-refractivity contribution in [3.8, 4) is 5.69 Å². The van der Waals surface area contributed by atoms with Gasteiger partial charge in [-0.3, -0.25) is 4.21 Å². The molecule has 0 amide bonds. The van der Waals surface area contributed by atoms with Gasteiger partial charge < -0.3 is 0 Å². The van der Waals surface area contributed by atoms with Gasteiger partial charge in [0.05, 0.1) is 33.0 Å². The molecule has 2 heterocycles. The first-order valence-corrected chi connectivity index (χ1v) is 7.49. The average molecular weight is 311 g/mol. The van der Waals surface area contributed by atoms with E-state index >= 15 is 0 Å². The largest absolute Gasteiger partial charge is 0.255 e. The number of nitrogens with zero attached hydrogens (tertiary/aromatic N) is 4. The number of hydrogen-bond donors (Lipinski definition) is 0. The third-order valence-electron chi connectivity index (χ3n) is 2.78. The van der Waals surface area contributed by atoms with Crippen molar-refractivity contribution in [3.63, 3.8) is 0 Å². The molecule has 1 atom stereocenters. The second-order valence-corrected chi connectivity index (χ2v) is 5.73. The Balaban J connectivity index is 2.31. The molecular formula is C12H8ClFN4OS. The molecule has 0 fully saturated rings. The van der Waals surface area contributed by atoms with Gasteiger partial charge in [0.1, 0.15) is 17.3 Å². The van der Waals surface area contributed by atoms with Gasteiger partial charge >= 0.3 is 0 Å². The molecule has 1 unspecified atom stereocenters. The maximum absolute atomic E-state index is 13.3. The maximum atomic E-state index is 13.3. The van der Waals surface area contributed by atoms with E-state index < -0.39 is 16.6 Å². The molecule has 1 aromatic carbocycles. The van der Waals surface area contributed by atoms with E-state index in [0.717, 1.165) is 0 Å². The first-order chi connectivity index (χ1) is 9.58. The fraction of sp³-hybridized carbons (Fsp3) is 0.0833. The molecular weight excluding hydrogens is 303 g/mol. The lowest BCUT2D eigenvalue weighted by atomic mass is 10.3. The molecule has 0 saturated heterocycles. The summed E-state index contributed by atoms with van der Waals surface area (Å²) < 4.78 is 26.5. The van der Waals surface area contributed by atoms with Gasteiger partial charge in [0.2, 0.25) is 0 Å². The third kappa shape index (κ3) is 2.08. The fourth-order valence-corrected chi connectivity index (χ4v) is 2.79. The predicted octanol–water partition coefficient (Wildman–Crippen LogP) is 2.35. The summed E-state index contributed by atoms with van der Waals surface area (Å²) in [6.07, 6.45) is 4.31. The van der Waals surface area contributed by atoms with Crippen LogP contribution in [0.3, 0.4) is 0 Å². The zero-order chi connectivity index (χ0) is 14.3. The maximum Gasteiger partial charge on any atom is 0.167 e. The third-order valence-corrected chi connectivity index (χ3v) is 4.02. The van der Waals surface area contributed by atoms with Crippen molar-refractivity contribution in [3.05, 3.63) is 41.7 Å². The lowest BCUT2D eigenvalue weighted by molar-refractivity contribution is 0.621. The Labute approximate surface area is 120 Å². The van der Waals surface area contributed by atoms with Crippen LogP contribution >= 0.6 is 11.6 Å². The Morgan fingerprint density at radius 1 is 1.35 bits per heavy atom. The van der Waals surface area contributed by atoms with Gasteiger partial charge in [-0.05, 0) is 18.2 Å². The summed E-state index contributed by atoms with van der Waals surface area (Å²) in [6.45, 7) is 0. The van der Waals surface area contributed by atoms with E-state index in [9.17, 15) is 8.60 Å². The first-order valence-electron chi connectivity index (χ1n) is 5.55. The van der Waals surface area contributed by atoms with E-state index in [0.29, 0.717) is 21.6 Å². The summed E-state index contributed by atoms with van der Waals surface area (Å²) in [5, 5.41) is 5.03. The van der Waals surface area contributed by atoms with Crippen LogP contribution in [-0.2, 0) is 10.8 Å². The molecule has 3 rings (SSSR count). The van der Waals surface area contributed by atoms with Crippen LogP contribution in [0.4, 0.5) is 4.39 Å². The SMILES string of the molecule is CS(=O)c1cc(F)ccc1-n1ncc2c(Cl)ncnc21. The van der Waals surface area contributed by atoms with Gasteiger partial charge in [-0.1, -0.05) is 11.6 Å². The minimum Gasteiger partial charge on any atom is -0.255 e. The Morgan fingerprint density at radius 3 is 2.90 bits per heavy atom. The Bertz CT molecular complexity index is 835. The minimum absolute atomic E-state index is 0.280. The smallest absolute Gasteiger partial charge is 0.167 e. The number of fused-ring (bicyclic) bond motifs is 1. The molecule has 102 valence electrons. The Morgan fingerprint density at radius 2 is 2.15 bits per heavy atom. The topological polar surface area (TPSA) is 60.7 Å². The highest BCUT2D eigenvalue weighted by molar-refractivity contribution is 7.84. The zero-order valence-electron chi connectivity index (χ0n) is 10.2. The van der Waals surface area contributed by atoms with E-state index in [1.807, 2.05) is 0 Å². The molecule has 0 radical (unpaired) electrons. The van der Waals surface area contributed by atoms with Crippen LogP contribution in [0.2, 0.25) is 5.15 Å². The minimum atomic E-state index is -1.36. The summed E-state index contributed by atoms with van der Waals surface area (Å²) in [4.78, 5) is 8.32. The summed E-state index contributed by atoms with van der Waals surface area (Å²) in [5.74, 6) is -0.455. The second kappa shape index (κ2) is 4.92. The summed E-state index contributed by atoms with van der Waals surface area (Å²) >= 11 is 5.96. The predicted molar refractivity (Wildman–Crippen MR) is 74.0 cm³/mol. The molecule has 0 aliphatic carbocycles. The van der Waals surface area contributed by atoms with Crippen LogP contribution in [-0.4, -0.2) is 30.2 Å². The van der Waals surface area contributed by atoms with Crippen molar-refractivity contribution in [2.45, 2.75) is 4.90 Å². The van der Waals surface area contributed by atoms with Crippen LogP contribution in [0.1, 0.15) is 0 Å². The molecule has 0 saturated carbocycles. The van der Waals surface area contributed by atoms with Gasteiger partial charge in [0, 0.05) is 6.26 Å². The number of halogens is 2. The quantitative estimate of drug-likeness (QED) is 0.682. The molecule has 20 heavy (non-hydrogen) atoms. The highest BCUT2D eigenvalue weighted by Crippen LogP contribution is 2.25. The van der Waals surface area contributed by atoms with Crippen molar-refractivity contribution < 1.29 is 8.60 Å². The highest BCUT2D eigenvalue weighted by Gasteiger charge is 2.15. The summed E-state index contributed by atoms with van der Waals surface area (Å²) in [7, 11) is -1.36. The highest BCUT2D eigenvalue weighted by atomic mass is 35.5. The van der Waals surface area contributed by atoms with E-state index in [4.69, 9.17) is 11.6 Å². The summed E-state index contributed by atoms with van der Waals surface area (Å²) in [5.41, 5.74) is 0.973. The van der Waals surface area contributed by atoms with Crippen molar-refractivity contribution in [1.82, 2.24) is 19.7 Å². The number of hydrogen-bond acceptors (Lipinski definition) is 4. The number of rotatable bonds is 2. The van der Waals surface area contributed by atoms with Crippen molar-refractivity contribution >= 4 is 33.4 Å². The van der Waals surface area contributed by atoms with Gasteiger partial charge in [0.25, 0.3) is 0 Å². The Kier molecular flexibility index (Phi) is 3.23. The monoisotopic (exact) mass is 310 g/mol. The van der Waals surface area contributed by atoms with E-state index in [1.165, 1.54) is 41.7 Å². The van der Waals surface area contributed by atoms with Crippen molar-refractivity contribution in [1.29, 1.82) is 0 Å². The van der Waals surface area contributed by atoms with Crippen LogP contribution in [0.5, 0.6) is 0 Å². The van der Waals surface area contributed by atoms with Gasteiger partial charge in [-0.2, -0.15) is 5.10 Å². The normalized spacial score (nSPS) is 12.8. The molecule has 8 heteroatoms. The molecule has 0 aliphatic heterocycles. The van der Waals surface area contributed by atoms with Crippen LogP contribution in [0.25, 0.3) is 16.7 Å². The lowest BCUT2D eigenvalue weighted by Crippen LogP contribution is -2.04. The molecule has 0 bridgehead atoms. The van der Waals surface area contributed by atoms with Gasteiger partial charge in [-0.15, -0.1) is 0 Å². The van der Waals surface area contributed by atoms with Crippen LogP contribution in [0, 0.1) is 5.82 Å². The number of aromatic nitrogens is 4. The van der Waals surface area contributed by atoms with E-state index in [-0.39, 0.29) is 5.15 Å². The van der Waals surface area contributed by atoms with Crippen LogP contribution < -0.4 is 0 Å². The molecule has 0 N–H and O–H groups in total. The van der Waals surface area contributed by atoms with E-state index in [2.05, 4.69) is 15.1 Å². The molecule has 0 spiro atoms. The van der Waals surface area contributed by atoms with Gasteiger partial charge in [-0.25, -0.2) is 19.0 Å². The van der Waals surface area contributed by atoms with Gasteiger partial charge in [0.15, 0.2) is 5.65 Å². The van der Waals surface area contributed by atoms with Crippen molar-refractivity contribution in [2.24, 2.45) is 0 Å². The fourth-order valence-electron chi connectivity index (χ4n) is 1.89. The molecule has 2 aromatic heterocycles. The molecule has 0 aliphatic rings. The summed E-state index contributed by atoms with van der Waals surface area (Å²) in [6, 6.07) is 4.01. The molecule has 3 aromatic rings. The standard InChI is InChI=1S/C12H8ClFN4OS/c1-20(19)10-4-7(14)2-3-9(10)18-12-8(5-17-18)11(13)15-6-16-12/h2-6H,1H3. The number of benzene rings is 1.